The van der Waals surface area contributed by atoms with Crippen molar-refractivity contribution in [3.8, 4) is 0 Å². The lowest BCUT2D eigenvalue weighted by molar-refractivity contribution is -0.128. The molecule has 1 aliphatic rings. The molecular weight excluding hydrogens is 269 g/mol. The van der Waals surface area contributed by atoms with Crippen LogP contribution in [0.15, 0.2) is 48.7 Å². The van der Waals surface area contributed by atoms with Gasteiger partial charge in [0.25, 0.3) is 0 Å². The van der Waals surface area contributed by atoms with E-state index in [0.29, 0.717) is 18.9 Å². The van der Waals surface area contributed by atoms with Crippen molar-refractivity contribution in [2.24, 2.45) is 0 Å². The molecule has 1 aromatic heterocycles. The van der Waals surface area contributed by atoms with Crippen LogP contribution in [-0.4, -0.2) is 28.4 Å². The van der Waals surface area contributed by atoms with Crippen molar-refractivity contribution in [3.05, 3.63) is 60.0 Å². The fraction of sp³-hybridized carbons (Fsp3) is 0.250. The maximum absolute atomic E-state index is 12.9. The number of carbonyl (C=O) groups is 1. The molecule has 1 amide bonds. The molecule has 21 heavy (non-hydrogen) atoms. The van der Waals surface area contributed by atoms with Crippen molar-refractivity contribution in [2.45, 2.75) is 19.0 Å². The first-order valence-corrected chi connectivity index (χ1v) is 6.93. The Morgan fingerprint density at radius 3 is 2.76 bits per heavy atom. The molecule has 3 rings (SSSR count). The molecular formula is C16H16FN3O. The fourth-order valence-electron chi connectivity index (χ4n) is 2.47. The summed E-state index contributed by atoms with van der Waals surface area (Å²) < 4.78 is 12.9. The monoisotopic (exact) mass is 285 g/mol. The van der Waals surface area contributed by atoms with Gasteiger partial charge in [-0.05, 0) is 36.2 Å². The van der Waals surface area contributed by atoms with E-state index in [1.54, 1.807) is 23.2 Å². The summed E-state index contributed by atoms with van der Waals surface area (Å²) >= 11 is 0. The number of carbonyl (C=O) groups excluding carboxylic acids is 1. The van der Waals surface area contributed by atoms with Gasteiger partial charge in [0.05, 0.1) is 0 Å². The first kappa shape index (κ1) is 13.5. The maximum atomic E-state index is 12.9. The molecule has 0 spiro atoms. The number of anilines is 1. The van der Waals surface area contributed by atoms with Gasteiger partial charge in [0.15, 0.2) is 0 Å². The summed E-state index contributed by atoms with van der Waals surface area (Å²) in [6, 6.07) is 11.6. The van der Waals surface area contributed by atoms with Crippen LogP contribution in [0, 0.1) is 5.82 Å². The summed E-state index contributed by atoms with van der Waals surface area (Å²) in [7, 11) is 0. The first-order valence-electron chi connectivity index (χ1n) is 6.93. The minimum Gasteiger partial charge on any atom is -0.358 e. The molecule has 1 aliphatic heterocycles. The molecule has 1 fully saturated rings. The summed E-state index contributed by atoms with van der Waals surface area (Å²) in [4.78, 5) is 18.3. The molecule has 1 atom stereocenters. The Bertz CT molecular complexity index is 615. The standard InChI is InChI=1S/C16H16FN3O/c17-13-6-4-12(5-7-13)11-20-10-8-14(16(20)21)19-15-3-1-2-9-18-15/h1-7,9,14H,8,10-11H2,(H,18,19). The number of rotatable bonds is 4. The Labute approximate surface area is 122 Å². The predicted molar refractivity (Wildman–Crippen MR) is 78.1 cm³/mol. The zero-order valence-electron chi connectivity index (χ0n) is 11.5. The van der Waals surface area contributed by atoms with Crippen molar-refractivity contribution in [2.75, 3.05) is 11.9 Å². The lowest BCUT2D eigenvalue weighted by Crippen LogP contribution is -2.33. The number of hydrogen-bond acceptors (Lipinski definition) is 3. The Morgan fingerprint density at radius 2 is 2.05 bits per heavy atom. The molecule has 108 valence electrons. The number of likely N-dealkylation sites (tertiary alicyclic amines) is 1. The maximum Gasteiger partial charge on any atom is 0.245 e. The van der Waals surface area contributed by atoms with Crippen LogP contribution in [0.2, 0.25) is 0 Å². The zero-order valence-corrected chi connectivity index (χ0v) is 11.5. The van der Waals surface area contributed by atoms with Gasteiger partial charge in [0.1, 0.15) is 17.7 Å². The molecule has 1 unspecified atom stereocenters. The van der Waals surface area contributed by atoms with E-state index in [1.165, 1.54) is 12.1 Å². The van der Waals surface area contributed by atoms with Gasteiger partial charge in [-0.3, -0.25) is 4.79 Å². The summed E-state index contributed by atoms with van der Waals surface area (Å²) in [5, 5.41) is 3.15. The van der Waals surface area contributed by atoms with E-state index < -0.39 is 0 Å². The van der Waals surface area contributed by atoms with Crippen LogP contribution in [0.25, 0.3) is 0 Å². The summed E-state index contributed by atoms with van der Waals surface area (Å²) in [6.07, 6.45) is 2.44. The SMILES string of the molecule is O=C1C(Nc2ccccn2)CCN1Cc1ccc(F)cc1. The van der Waals surface area contributed by atoms with E-state index in [1.807, 2.05) is 18.2 Å². The second-order valence-electron chi connectivity index (χ2n) is 5.09. The number of nitrogens with zero attached hydrogens (tertiary/aromatic N) is 2. The lowest BCUT2D eigenvalue weighted by atomic mass is 10.2. The van der Waals surface area contributed by atoms with Crippen LogP contribution >= 0.6 is 0 Å². The minimum atomic E-state index is -0.263. The third kappa shape index (κ3) is 3.18. The Kier molecular flexibility index (Phi) is 3.81. The second kappa shape index (κ2) is 5.91. The van der Waals surface area contributed by atoms with Crippen molar-refractivity contribution in [1.82, 2.24) is 9.88 Å². The van der Waals surface area contributed by atoms with Crippen LogP contribution in [0.4, 0.5) is 10.2 Å². The second-order valence-corrected chi connectivity index (χ2v) is 5.09. The van der Waals surface area contributed by atoms with Crippen molar-refractivity contribution < 1.29 is 9.18 Å². The van der Waals surface area contributed by atoms with Crippen LogP contribution in [0.5, 0.6) is 0 Å². The van der Waals surface area contributed by atoms with Gasteiger partial charge in [-0.2, -0.15) is 0 Å². The number of nitrogens with one attached hydrogen (secondary N) is 1. The molecule has 1 aromatic carbocycles. The number of hydrogen-bond donors (Lipinski definition) is 1. The van der Waals surface area contributed by atoms with Crippen LogP contribution in [-0.2, 0) is 11.3 Å². The number of aromatic nitrogens is 1. The minimum absolute atomic E-state index is 0.0602. The molecule has 0 bridgehead atoms. The number of pyridine rings is 1. The van der Waals surface area contributed by atoms with E-state index >= 15 is 0 Å². The highest BCUT2D eigenvalue weighted by Crippen LogP contribution is 2.18. The van der Waals surface area contributed by atoms with E-state index in [-0.39, 0.29) is 17.8 Å². The quantitative estimate of drug-likeness (QED) is 0.938. The molecule has 4 nitrogen and oxygen atoms in total. The molecule has 0 aliphatic carbocycles. The van der Waals surface area contributed by atoms with Crippen molar-refractivity contribution in [1.29, 1.82) is 0 Å². The predicted octanol–water partition coefficient (Wildman–Crippen LogP) is 2.43. The molecule has 1 N–H and O–H groups in total. The van der Waals surface area contributed by atoms with Crippen LogP contribution in [0.3, 0.4) is 0 Å². The molecule has 0 saturated carbocycles. The van der Waals surface area contributed by atoms with E-state index in [2.05, 4.69) is 10.3 Å². The van der Waals surface area contributed by atoms with Gasteiger partial charge in [-0.25, -0.2) is 9.37 Å². The lowest BCUT2D eigenvalue weighted by Gasteiger charge is -2.17. The first-order chi connectivity index (χ1) is 10.2. The number of halogens is 1. The highest BCUT2D eigenvalue weighted by atomic mass is 19.1. The average molecular weight is 285 g/mol. The molecule has 0 radical (unpaired) electrons. The molecule has 2 heterocycles. The molecule has 1 saturated heterocycles. The van der Waals surface area contributed by atoms with E-state index in [9.17, 15) is 9.18 Å². The van der Waals surface area contributed by atoms with Gasteiger partial charge in [-0.15, -0.1) is 0 Å². The average Bonchev–Trinajstić information content (AvgIpc) is 2.84. The normalized spacial score (nSPS) is 18.0. The summed E-state index contributed by atoms with van der Waals surface area (Å²) in [6.45, 7) is 1.21. The molecule has 5 heteroatoms. The van der Waals surface area contributed by atoms with Crippen molar-refractivity contribution >= 4 is 11.7 Å². The number of amides is 1. The summed E-state index contributed by atoms with van der Waals surface area (Å²) in [5.41, 5.74) is 0.934. The van der Waals surface area contributed by atoms with E-state index in [0.717, 1.165) is 12.0 Å². The van der Waals surface area contributed by atoms with Gasteiger partial charge in [-0.1, -0.05) is 18.2 Å². The highest BCUT2D eigenvalue weighted by Gasteiger charge is 2.31. The Hall–Kier alpha value is -2.43. The highest BCUT2D eigenvalue weighted by molar-refractivity contribution is 5.86. The van der Waals surface area contributed by atoms with Gasteiger partial charge < -0.3 is 10.2 Å². The third-order valence-electron chi connectivity index (χ3n) is 3.57. The smallest absolute Gasteiger partial charge is 0.245 e. The largest absolute Gasteiger partial charge is 0.358 e. The number of benzene rings is 1. The van der Waals surface area contributed by atoms with Crippen molar-refractivity contribution in [3.63, 3.8) is 0 Å². The van der Waals surface area contributed by atoms with E-state index in [4.69, 9.17) is 0 Å². The Morgan fingerprint density at radius 1 is 1.24 bits per heavy atom. The zero-order chi connectivity index (χ0) is 14.7. The summed E-state index contributed by atoms with van der Waals surface area (Å²) in [5.74, 6) is 0.505. The van der Waals surface area contributed by atoms with Crippen LogP contribution in [0.1, 0.15) is 12.0 Å². The third-order valence-corrected chi connectivity index (χ3v) is 3.57. The van der Waals surface area contributed by atoms with Gasteiger partial charge in [0, 0.05) is 19.3 Å². The fourth-order valence-corrected chi connectivity index (χ4v) is 2.47. The Balaban J connectivity index is 1.62. The van der Waals surface area contributed by atoms with Gasteiger partial charge in [0.2, 0.25) is 5.91 Å². The molecule has 2 aromatic rings. The topological polar surface area (TPSA) is 45.2 Å². The van der Waals surface area contributed by atoms with Crippen LogP contribution < -0.4 is 5.32 Å². The van der Waals surface area contributed by atoms with Gasteiger partial charge >= 0.3 is 0 Å².